The van der Waals surface area contributed by atoms with Gasteiger partial charge in [-0.3, -0.25) is 4.79 Å². The van der Waals surface area contributed by atoms with Gasteiger partial charge in [0.1, 0.15) is 5.69 Å². The van der Waals surface area contributed by atoms with Gasteiger partial charge in [-0.2, -0.15) is 14.6 Å². The van der Waals surface area contributed by atoms with Gasteiger partial charge in [-0.15, -0.1) is 5.10 Å². The van der Waals surface area contributed by atoms with E-state index < -0.39 is 0 Å². The standard InChI is InChI=1S/C31H21N5OS/c1-20-11-13-22(14-12-20)29-32-31-36(34-29)30(37)27(38-31)18-25-19-35(26-9-3-2-4-10-26)33-28(25)24-16-15-21-7-5-6-8-23(21)17-24/h2-19H,1H3. The summed E-state index contributed by atoms with van der Waals surface area (Å²) >= 11 is 1.33. The lowest BCUT2D eigenvalue weighted by molar-refractivity contribution is 0.884. The molecule has 7 heteroatoms. The summed E-state index contributed by atoms with van der Waals surface area (Å²) < 4.78 is 3.81. The van der Waals surface area contributed by atoms with Gasteiger partial charge in [-0.05, 0) is 42.0 Å². The second-order valence-corrected chi connectivity index (χ2v) is 10.2. The van der Waals surface area contributed by atoms with Crippen LogP contribution in [0, 0.1) is 6.92 Å². The van der Waals surface area contributed by atoms with E-state index in [-0.39, 0.29) is 5.56 Å². The second kappa shape index (κ2) is 8.90. The third-order valence-corrected chi connectivity index (χ3v) is 7.52. The van der Waals surface area contributed by atoms with Gasteiger partial charge in [0.15, 0.2) is 5.82 Å². The molecule has 0 fully saturated rings. The molecule has 0 bridgehead atoms. The van der Waals surface area contributed by atoms with Gasteiger partial charge in [0.05, 0.1) is 10.2 Å². The fourth-order valence-corrected chi connectivity index (χ4v) is 5.47. The molecule has 7 aromatic rings. The number of rotatable bonds is 4. The van der Waals surface area contributed by atoms with E-state index in [4.69, 9.17) is 5.10 Å². The first-order valence-electron chi connectivity index (χ1n) is 12.2. The molecule has 6 nitrogen and oxygen atoms in total. The van der Waals surface area contributed by atoms with Crippen molar-refractivity contribution < 1.29 is 0 Å². The highest BCUT2D eigenvalue weighted by molar-refractivity contribution is 7.15. The highest BCUT2D eigenvalue weighted by Crippen LogP contribution is 2.28. The molecule has 0 spiro atoms. The summed E-state index contributed by atoms with van der Waals surface area (Å²) in [6, 6.07) is 32.5. The lowest BCUT2D eigenvalue weighted by atomic mass is 10.0. The summed E-state index contributed by atoms with van der Waals surface area (Å²) in [5.74, 6) is 0.550. The zero-order chi connectivity index (χ0) is 25.6. The lowest BCUT2D eigenvalue weighted by Gasteiger charge is -2.03. The van der Waals surface area contributed by atoms with Crippen LogP contribution in [0.4, 0.5) is 0 Å². The third-order valence-electron chi connectivity index (χ3n) is 6.56. The lowest BCUT2D eigenvalue weighted by Crippen LogP contribution is -2.23. The number of hydrogen-bond donors (Lipinski definition) is 0. The number of benzene rings is 4. The molecule has 38 heavy (non-hydrogen) atoms. The van der Waals surface area contributed by atoms with Crippen molar-refractivity contribution in [2.75, 3.05) is 0 Å². The molecule has 0 aliphatic carbocycles. The molecule has 7 rings (SSSR count). The van der Waals surface area contributed by atoms with E-state index in [2.05, 4.69) is 40.4 Å². The summed E-state index contributed by atoms with van der Waals surface area (Å²) in [5.41, 5.74) is 5.45. The summed E-state index contributed by atoms with van der Waals surface area (Å²) in [7, 11) is 0. The Morgan fingerprint density at radius 1 is 0.789 bits per heavy atom. The zero-order valence-electron chi connectivity index (χ0n) is 20.4. The van der Waals surface area contributed by atoms with E-state index in [0.717, 1.165) is 39.0 Å². The molecule has 3 heterocycles. The predicted molar refractivity (Wildman–Crippen MR) is 153 cm³/mol. The maximum Gasteiger partial charge on any atom is 0.291 e. The predicted octanol–water partition coefficient (Wildman–Crippen LogP) is 5.68. The van der Waals surface area contributed by atoms with Crippen LogP contribution in [0.5, 0.6) is 0 Å². The molecule has 3 aromatic heterocycles. The highest BCUT2D eigenvalue weighted by Gasteiger charge is 2.15. The molecule has 182 valence electrons. The topological polar surface area (TPSA) is 65.1 Å². The van der Waals surface area contributed by atoms with E-state index in [1.165, 1.54) is 21.2 Å². The fourth-order valence-electron chi connectivity index (χ4n) is 4.57. The van der Waals surface area contributed by atoms with Crippen molar-refractivity contribution in [1.29, 1.82) is 0 Å². The average molecular weight is 512 g/mol. The zero-order valence-corrected chi connectivity index (χ0v) is 21.3. The Morgan fingerprint density at radius 3 is 2.32 bits per heavy atom. The Hall–Kier alpha value is -4.88. The maximum atomic E-state index is 13.3. The fraction of sp³-hybridized carbons (Fsp3) is 0.0323. The van der Waals surface area contributed by atoms with E-state index in [9.17, 15) is 4.79 Å². The van der Waals surface area contributed by atoms with Gasteiger partial charge in [0.2, 0.25) is 4.96 Å². The Labute approximate surface area is 221 Å². The minimum Gasteiger partial charge on any atom is -0.266 e. The summed E-state index contributed by atoms with van der Waals surface area (Å²) in [6.07, 6.45) is 3.86. The first-order chi connectivity index (χ1) is 18.6. The largest absolute Gasteiger partial charge is 0.291 e. The van der Waals surface area contributed by atoms with Gasteiger partial charge >= 0.3 is 0 Å². The van der Waals surface area contributed by atoms with Gasteiger partial charge in [-0.25, -0.2) is 4.68 Å². The Balaban J connectivity index is 1.38. The van der Waals surface area contributed by atoms with Gasteiger partial charge in [0.25, 0.3) is 5.56 Å². The van der Waals surface area contributed by atoms with Crippen molar-refractivity contribution in [2.45, 2.75) is 6.92 Å². The van der Waals surface area contributed by atoms with E-state index in [0.29, 0.717) is 15.3 Å². The molecule has 4 aromatic carbocycles. The number of fused-ring (bicyclic) bond motifs is 2. The van der Waals surface area contributed by atoms with E-state index in [1.54, 1.807) is 0 Å². The van der Waals surface area contributed by atoms with Crippen LogP contribution in [-0.2, 0) is 0 Å². The molecule has 0 saturated carbocycles. The van der Waals surface area contributed by atoms with Crippen LogP contribution in [-0.4, -0.2) is 24.4 Å². The Kier molecular flexibility index (Phi) is 5.23. The van der Waals surface area contributed by atoms with Crippen LogP contribution in [0.15, 0.2) is 108 Å². The highest BCUT2D eigenvalue weighted by atomic mass is 32.1. The molecule has 0 radical (unpaired) electrons. The van der Waals surface area contributed by atoms with Crippen molar-refractivity contribution in [3.8, 4) is 28.3 Å². The van der Waals surface area contributed by atoms with Crippen molar-refractivity contribution >= 4 is 33.1 Å². The molecule has 0 atom stereocenters. The monoisotopic (exact) mass is 511 g/mol. The first-order valence-corrected chi connectivity index (χ1v) is 13.1. The van der Waals surface area contributed by atoms with Crippen molar-refractivity contribution in [2.24, 2.45) is 0 Å². The molecule has 0 aliphatic rings. The molecular weight excluding hydrogens is 490 g/mol. The number of thiazole rings is 1. The summed E-state index contributed by atoms with van der Waals surface area (Å²) in [6.45, 7) is 2.03. The van der Waals surface area contributed by atoms with E-state index >= 15 is 0 Å². The van der Waals surface area contributed by atoms with Gasteiger partial charge in [0, 0.05) is 22.9 Å². The quantitative estimate of drug-likeness (QED) is 0.305. The molecular formula is C31H21N5OS. The summed E-state index contributed by atoms with van der Waals surface area (Å²) in [5, 5.41) is 11.7. The Bertz CT molecular complexity index is 2050. The number of aromatic nitrogens is 5. The smallest absolute Gasteiger partial charge is 0.266 e. The van der Waals surface area contributed by atoms with Gasteiger partial charge in [-0.1, -0.05) is 95.8 Å². The number of para-hydroxylation sites is 1. The van der Waals surface area contributed by atoms with Crippen molar-refractivity contribution in [1.82, 2.24) is 24.4 Å². The molecule has 0 N–H and O–H groups in total. The normalized spacial score (nSPS) is 12.1. The molecule has 0 amide bonds. The summed E-state index contributed by atoms with van der Waals surface area (Å²) in [4.78, 5) is 18.5. The minimum absolute atomic E-state index is 0.187. The maximum absolute atomic E-state index is 13.3. The minimum atomic E-state index is -0.187. The molecule has 0 saturated heterocycles. The van der Waals surface area contributed by atoms with Crippen LogP contribution in [0.25, 0.3) is 50.1 Å². The van der Waals surface area contributed by atoms with Crippen molar-refractivity contribution in [3.63, 3.8) is 0 Å². The van der Waals surface area contributed by atoms with Crippen LogP contribution >= 0.6 is 11.3 Å². The average Bonchev–Trinajstić information content (AvgIpc) is 3.64. The van der Waals surface area contributed by atoms with Crippen LogP contribution in [0.2, 0.25) is 0 Å². The number of hydrogen-bond acceptors (Lipinski definition) is 5. The Morgan fingerprint density at radius 2 is 1.53 bits per heavy atom. The molecule has 0 aliphatic heterocycles. The first kappa shape index (κ1) is 22.3. The van der Waals surface area contributed by atoms with Crippen LogP contribution in [0.1, 0.15) is 11.1 Å². The molecule has 0 unspecified atom stereocenters. The van der Waals surface area contributed by atoms with Crippen molar-refractivity contribution in [3.05, 3.63) is 129 Å². The van der Waals surface area contributed by atoms with Crippen LogP contribution < -0.4 is 10.1 Å². The van der Waals surface area contributed by atoms with Crippen LogP contribution in [0.3, 0.4) is 0 Å². The second-order valence-electron chi connectivity index (χ2n) is 9.19. The van der Waals surface area contributed by atoms with E-state index in [1.807, 2.05) is 90.6 Å². The number of aryl methyl sites for hydroxylation is 1. The number of nitrogens with zero attached hydrogens (tertiary/aromatic N) is 5. The van der Waals surface area contributed by atoms with Gasteiger partial charge < -0.3 is 0 Å². The third kappa shape index (κ3) is 3.90. The SMILES string of the molecule is Cc1ccc(-c2nc3sc(=Cc4cn(-c5ccccc5)nc4-c4ccc5ccccc5c4)c(=O)n3n2)cc1.